The van der Waals surface area contributed by atoms with Gasteiger partial charge in [-0.15, -0.1) is 0 Å². The van der Waals surface area contributed by atoms with Crippen LogP contribution in [0.4, 0.5) is 0 Å². The zero-order valence-electron chi connectivity index (χ0n) is 17.8. The standard InChI is InChI=1S/C20H29N4O4S.Fm/c1-11-12(2)17(13(3)14-9-20(4,5)28-16(11)14)29-24-19(21)22-8-6-7-15(18(26)27)23-10-25;/h15H,6-9H2,1-5H3,(H,23,25)(H,26,27)(H3,21,22,24);/q-1;. The molecule has 1 aromatic rings. The number of nitrogens with zero attached hydrogens (tertiary/aromatic N) is 1. The van der Waals surface area contributed by atoms with Crippen LogP contribution in [0.3, 0.4) is 0 Å². The number of fused-ring (bicyclic) bond motifs is 1. The van der Waals surface area contributed by atoms with E-state index in [2.05, 4.69) is 49.6 Å². The van der Waals surface area contributed by atoms with E-state index in [1.165, 1.54) is 29.5 Å². The first kappa shape index (κ1) is 24.6. The third kappa shape index (κ3) is 5.56. The van der Waals surface area contributed by atoms with E-state index < -0.39 is 12.0 Å². The zero-order chi connectivity index (χ0) is 21.8. The van der Waals surface area contributed by atoms with E-state index in [0.717, 1.165) is 28.2 Å². The van der Waals surface area contributed by atoms with Crippen molar-refractivity contribution < 1.29 is 19.4 Å². The van der Waals surface area contributed by atoms with E-state index in [0.29, 0.717) is 13.0 Å². The molecule has 0 aliphatic carbocycles. The summed E-state index contributed by atoms with van der Waals surface area (Å²) >= 11 is 1.42. The fraction of sp³-hybridized carbons (Fsp3) is 0.550. The minimum absolute atomic E-state index is 0. The van der Waals surface area contributed by atoms with Gasteiger partial charge in [0.1, 0.15) is 11.4 Å². The Hall–Kier alpha value is -3.42. The Bertz CT molecular complexity index is 830. The third-order valence-corrected chi connectivity index (χ3v) is 6.14. The third-order valence-electron chi connectivity index (χ3n) is 5.01. The Morgan fingerprint density at radius 2 is 2.00 bits per heavy atom. The van der Waals surface area contributed by atoms with Crippen molar-refractivity contribution in [2.24, 2.45) is 10.7 Å². The summed E-state index contributed by atoms with van der Waals surface area (Å²) in [4.78, 5) is 26.6. The predicted molar refractivity (Wildman–Crippen MR) is 114 cm³/mol. The summed E-state index contributed by atoms with van der Waals surface area (Å²) in [5.74, 6) is 0.166. The van der Waals surface area contributed by atoms with Gasteiger partial charge in [-0.1, -0.05) is 0 Å². The number of benzene rings is 1. The van der Waals surface area contributed by atoms with Crippen LogP contribution in [0.5, 0.6) is 5.75 Å². The Kier molecular flexibility index (Phi) is 8.10. The van der Waals surface area contributed by atoms with Crippen LogP contribution in [0.15, 0.2) is 9.89 Å². The molecule has 2 rings (SSSR count). The molecule has 0 bridgehead atoms. The summed E-state index contributed by atoms with van der Waals surface area (Å²) < 4.78 is 9.20. The number of aliphatic carboxylic acids is 1. The summed E-state index contributed by atoms with van der Waals surface area (Å²) in [6.07, 6.45) is 3.00. The van der Waals surface area contributed by atoms with Crippen LogP contribution in [-0.2, 0) is 16.0 Å². The number of carboxylic acid groups (broad SMARTS) is 1. The number of carbonyl (C=O) groups excluding carboxylic acids is 1. The fourth-order valence-corrected chi connectivity index (χ4v) is 4.21. The van der Waals surface area contributed by atoms with Gasteiger partial charge in [0.15, 0.2) is 5.96 Å². The minimum atomic E-state index is -1.09. The Morgan fingerprint density at radius 1 is 1.33 bits per heavy atom. The number of aliphatic imine (C=N–C) groups is 1. The quantitative estimate of drug-likeness (QED) is 0.0788. The van der Waals surface area contributed by atoms with E-state index in [-0.39, 0.29) is 18.0 Å². The molecule has 0 spiro atoms. The number of carboxylic acids is 1. The van der Waals surface area contributed by atoms with Crippen molar-refractivity contribution in [3.8, 4) is 5.75 Å². The van der Waals surface area contributed by atoms with Crippen LogP contribution in [0.1, 0.15) is 48.9 Å². The molecule has 10 heteroatoms. The molecule has 1 atom stereocenters. The largest absolute Gasteiger partial charge is 0.520 e. The molecule has 0 aromatic heterocycles. The molecule has 0 saturated heterocycles. The number of rotatable bonds is 9. The second kappa shape index (κ2) is 9.87. The van der Waals surface area contributed by atoms with Gasteiger partial charge in [-0.2, -0.15) is 6.41 Å². The molecule has 0 radical (unpaired) electrons. The van der Waals surface area contributed by atoms with Crippen LogP contribution in [-0.4, -0.2) is 41.6 Å². The number of ether oxygens (including phenoxy) is 1. The number of amides is 1. The summed E-state index contributed by atoms with van der Waals surface area (Å²) in [6, 6.07) is -0.961. The van der Waals surface area contributed by atoms with E-state index in [1.54, 1.807) is 0 Å². The first-order valence-corrected chi connectivity index (χ1v) is 10.3. The molecule has 30 heavy (non-hydrogen) atoms. The molecular formula is C20H29FmN4O4S-. The topological polar surface area (TPSA) is 126 Å². The molecule has 1 heterocycles. The van der Waals surface area contributed by atoms with Gasteiger partial charge in [-0.05, 0) is 76.1 Å². The van der Waals surface area contributed by atoms with Gasteiger partial charge in [0.05, 0.1) is 6.04 Å². The van der Waals surface area contributed by atoms with Gasteiger partial charge in [-0.3, -0.25) is 14.5 Å². The smallest absolute Gasteiger partial charge is 0.323 e. The fourth-order valence-electron chi connectivity index (χ4n) is 3.36. The molecule has 0 fully saturated rings. The Labute approximate surface area is 175 Å². The molecule has 172 valence electrons. The maximum Gasteiger partial charge on any atom is 0.323 e. The monoisotopic (exact) mass is 678 g/mol. The van der Waals surface area contributed by atoms with Crippen molar-refractivity contribution in [3.05, 3.63) is 22.3 Å². The van der Waals surface area contributed by atoms with Crippen LogP contribution in [0.25, 0.3) is 0 Å². The van der Waals surface area contributed by atoms with E-state index in [1.807, 2.05) is 0 Å². The summed E-state index contributed by atoms with van der Waals surface area (Å²) in [6.45, 7) is 10.8. The zero-order valence-corrected chi connectivity index (χ0v) is 21.0. The van der Waals surface area contributed by atoms with Crippen molar-refractivity contribution >= 4 is 30.3 Å². The van der Waals surface area contributed by atoms with E-state index >= 15 is 0 Å². The molecule has 1 aliphatic rings. The number of hydrogen-bond acceptors (Lipinski definition) is 5. The summed E-state index contributed by atoms with van der Waals surface area (Å²) in [5, 5.41) is 11.1. The molecule has 5 N–H and O–H groups in total. The molecule has 1 aliphatic heterocycles. The van der Waals surface area contributed by atoms with Gasteiger partial charge in [0.2, 0.25) is 0 Å². The van der Waals surface area contributed by atoms with Gasteiger partial charge < -0.3 is 25.7 Å². The van der Waals surface area contributed by atoms with Crippen LogP contribution in [0, 0.1) is 20.8 Å². The number of nitrogens with two attached hydrogens (primary N) is 1. The molecule has 1 unspecified atom stereocenters. The average Bonchev–Trinajstić information content (AvgIpc) is 2.98. The van der Waals surface area contributed by atoms with Crippen molar-refractivity contribution in [1.82, 2.24) is 10.0 Å². The Morgan fingerprint density at radius 3 is 2.60 bits per heavy atom. The predicted octanol–water partition coefficient (Wildman–Crippen LogP) is 2.13. The molecule has 8 nitrogen and oxygen atoms in total. The van der Waals surface area contributed by atoms with Gasteiger partial charge in [0.25, 0.3) is 0 Å². The Balaban J connectivity index is 0.00000450. The van der Waals surface area contributed by atoms with Crippen LogP contribution < -0.4 is 20.5 Å². The maximum atomic E-state index is 11.0. The molecular weight excluding hydrogens is 649 g/mol. The second-order valence-corrected chi connectivity index (χ2v) is 8.62. The van der Waals surface area contributed by atoms with E-state index in [9.17, 15) is 9.59 Å². The summed E-state index contributed by atoms with van der Waals surface area (Å²) in [7, 11) is 0. The maximum absolute atomic E-state index is 11.0. The van der Waals surface area contributed by atoms with Crippen molar-refractivity contribution in [2.45, 2.75) is 70.4 Å². The summed E-state index contributed by atoms with van der Waals surface area (Å²) in [5.41, 5.74) is 10.4. The van der Waals surface area contributed by atoms with E-state index in [4.69, 9.17) is 15.6 Å². The van der Waals surface area contributed by atoms with Gasteiger partial charge in [-0.25, -0.2) is 0 Å². The number of guanidine groups is 1. The molecule has 1 amide bonds. The minimum Gasteiger partial charge on any atom is -0.520 e. The number of carbonyl (C=O) groups is 1. The van der Waals surface area contributed by atoms with Gasteiger partial charge >= 0.3 is 5.97 Å². The first-order valence-electron chi connectivity index (χ1n) is 9.47. The van der Waals surface area contributed by atoms with Crippen molar-refractivity contribution in [3.63, 3.8) is 0 Å². The van der Waals surface area contributed by atoms with Crippen LogP contribution >= 0.6 is 11.9 Å². The number of nitrogens with one attached hydrogen (secondary N) is 2. The van der Waals surface area contributed by atoms with Crippen molar-refractivity contribution in [2.75, 3.05) is 6.54 Å². The second-order valence-electron chi connectivity index (χ2n) is 7.80. The van der Waals surface area contributed by atoms with Crippen LogP contribution in [0.2, 0.25) is 0 Å². The van der Waals surface area contributed by atoms with Gasteiger partial charge in [0, 0.05) is 23.4 Å². The first-order chi connectivity index (χ1) is 13.6. The molecule has 1 aromatic carbocycles. The molecule has 0 saturated carbocycles. The van der Waals surface area contributed by atoms with Crippen molar-refractivity contribution in [1.29, 1.82) is 0 Å². The SMILES string of the molecule is Cc1c(C)c(SNC(N)=NCCCC(N[C-]=O)C(=O)O)c(C)c2c1OC(C)(C)C2.[Fm]. The normalized spacial score (nSPS) is 15.4. The average molecular weight is 679 g/mol. The number of hydrogen-bond donors (Lipinski definition) is 4.